The first-order valence-corrected chi connectivity index (χ1v) is 6.61. The molecule has 1 amide bonds. The van der Waals surface area contributed by atoms with Crippen LogP contribution in [-0.2, 0) is 6.54 Å². The average molecular weight is 324 g/mol. The second-order valence-corrected chi connectivity index (χ2v) is 4.79. The third-order valence-corrected chi connectivity index (χ3v) is 3.07. The van der Waals surface area contributed by atoms with Crippen molar-refractivity contribution in [1.29, 1.82) is 0 Å². The molecular weight excluding hydrogens is 313 g/mol. The number of aromatic nitrogens is 3. The molecule has 2 heterocycles. The molecule has 0 radical (unpaired) electrons. The van der Waals surface area contributed by atoms with Crippen molar-refractivity contribution in [3.8, 4) is 0 Å². The zero-order valence-corrected chi connectivity index (χ0v) is 11.7. The summed E-state index contributed by atoms with van der Waals surface area (Å²) in [7, 11) is 0. The highest BCUT2D eigenvalue weighted by Gasteiger charge is 2.28. The Bertz CT molecular complexity index is 838. The number of carbonyl (C=O) groups is 1. The van der Waals surface area contributed by atoms with Crippen LogP contribution < -0.4 is 5.32 Å². The molecule has 0 saturated carbocycles. The Kier molecular flexibility index (Phi) is 3.77. The summed E-state index contributed by atoms with van der Waals surface area (Å²) in [5, 5.41) is 1.74. The number of carbonyl (C=O) groups excluding carboxylic acids is 1. The summed E-state index contributed by atoms with van der Waals surface area (Å²) in [6, 6.07) is 7.42. The van der Waals surface area contributed by atoms with Gasteiger partial charge in [0.2, 0.25) is 5.89 Å². The van der Waals surface area contributed by atoms with E-state index in [2.05, 4.69) is 9.97 Å². The van der Waals surface area contributed by atoms with Crippen LogP contribution in [0.15, 0.2) is 41.3 Å². The van der Waals surface area contributed by atoms with E-state index in [1.165, 1.54) is 0 Å². The van der Waals surface area contributed by atoms with E-state index in [-0.39, 0.29) is 18.1 Å². The van der Waals surface area contributed by atoms with Crippen molar-refractivity contribution in [1.82, 2.24) is 19.9 Å². The second kappa shape index (κ2) is 5.75. The van der Waals surface area contributed by atoms with Crippen LogP contribution in [0.4, 0.5) is 13.2 Å². The van der Waals surface area contributed by atoms with Gasteiger partial charge in [0.1, 0.15) is 19.4 Å². The molecule has 0 bridgehead atoms. The van der Waals surface area contributed by atoms with Crippen molar-refractivity contribution in [2.45, 2.75) is 12.7 Å². The van der Waals surface area contributed by atoms with Crippen LogP contribution in [0.1, 0.15) is 16.4 Å². The zero-order chi connectivity index (χ0) is 16.4. The number of hydrogen-bond donors (Lipinski definition) is 1. The van der Waals surface area contributed by atoms with E-state index < -0.39 is 18.6 Å². The van der Waals surface area contributed by atoms with Gasteiger partial charge in [0.15, 0.2) is 5.69 Å². The van der Waals surface area contributed by atoms with Gasteiger partial charge in [0.05, 0.1) is 17.4 Å². The lowest BCUT2D eigenvalue weighted by Crippen LogP contribution is -2.33. The molecule has 3 rings (SSSR count). The Morgan fingerprint density at radius 3 is 2.87 bits per heavy atom. The Morgan fingerprint density at radius 2 is 2.09 bits per heavy atom. The fourth-order valence-electron chi connectivity index (χ4n) is 2.04. The highest BCUT2D eigenvalue weighted by atomic mass is 19.4. The molecule has 0 aliphatic rings. The van der Waals surface area contributed by atoms with E-state index >= 15 is 0 Å². The summed E-state index contributed by atoms with van der Waals surface area (Å²) in [5.41, 5.74) is 1.45. The van der Waals surface area contributed by atoms with Gasteiger partial charge in [0.25, 0.3) is 5.91 Å². The molecule has 6 nitrogen and oxygen atoms in total. The minimum absolute atomic E-state index is 0.199. The molecule has 2 aromatic heterocycles. The minimum atomic E-state index is -4.47. The van der Waals surface area contributed by atoms with Gasteiger partial charge >= 0.3 is 6.18 Å². The Hall–Kier alpha value is -2.84. The summed E-state index contributed by atoms with van der Waals surface area (Å²) < 4.78 is 43.1. The fourth-order valence-corrected chi connectivity index (χ4v) is 2.04. The maximum atomic E-state index is 12.1. The van der Waals surface area contributed by atoms with Crippen LogP contribution in [0.3, 0.4) is 0 Å². The quantitative estimate of drug-likeness (QED) is 0.799. The number of benzene rings is 1. The van der Waals surface area contributed by atoms with E-state index in [0.717, 1.165) is 17.3 Å². The van der Waals surface area contributed by atoms with E-state index in [1.807, 2.05) is 24.3 Å². The molecule has 9 heteroatoms. The maximum absolute atomic E-state index is 12.1. The minimum Gasteiger partial charge on any atom is -0.446 e. The number of imidazole rings is 1. The number of oxazole rings is 1. The lowest BCUT2D eigenvalue weighted by molar-refractivity contribution is -0.123. The van der Waals surface area contributed by atoms with Crippen LogP contribution >= 0.6 is 0 Å². The second-order valence-electron chi connectivity index (χ2n) is 4.79. The van der Waals surface area contributed by atoms with Crippen molar-refractivity contribution in [2.24, 2.45) is 0 Å². The molecule has 0 saturated heterocycles. The Balaban J connectivity index is 1.71. The van der Waals surface area contributed by atoms with Crippen molar-refractivity contribution in [3.05, 3.63) is 48.4 Å². The van der Waals surface area contributed by atoms with Gasteiger partial charge < -0.3 is 14.3 Å². The fraction of sp³-hybridized carbons (Fsp3) is 0.214. The third-order valence-electron chi connectivity index (χ3n) is 3.07. The zero-order valence-electron chi connectivity index (χ0n) is 11.7. The first-order chi connectivity index (χ1) is 10.9. The summed E-state index contributed by atoms with van der Waals surface area (Å²) in [4.78, 5) is 19.7. The Labute approximate surface area is 127 Å². The van der Waals surface area contributed by atoms with Gasteiger partial charge in [-0.3, -0.25) is 4.79 Å². The van der Waals surface area contributed by atoms with Crippen LogP contribution in [0.25, 0.3) is 11.0 Å². The number of nitrogens with zero attached hydrogens (tertiary/aromatic N) is 3. The number of alkyl halides is 3. The molecule has 0 fully saturated rings. The topological polar surface area (TPSA) is 73.0 Å². The molecule has 120 valence electrons. The van der Waals surface area contributed by atoms with E-state index in [9.17, 15) is 18.0 Å². The number of hydrogen-bond acceptors (Lipinski definition) is 4. The van der Waals surface area contributed by atoms with E-state index in [4.69, 9.17) is 4.42 Å². The summed E-state index contributed by atoms with van der Waals surface area (Å²) >= 11 is 0. The lowest BCUT2D eigenvalue weighted by Gasteiger charge is -2.06. The number of rotatable bonds is 4. The SMILES string of the molecule is O=C(NCC(F)(F)F)c1coc(Cn2cnc3ccccc32)n1. The predicted octanol–water partition coefficient (Wildman–Crippen LogP) is 2.36. The number of fused-ring (bicyclic) bond motifs is 1. The number of nitrogens with one attached hydrogen (secondary N) is 1. The third kappa shape index (κ3) is 3.50. The summed E-state index contributed by atoms with van der Waals surface area (Å²) in [5.74, 6) is -0.738. The van der Waals surface area contributed by atoms with Crippen LogP contribution in [0.5, 0.6) is 0 Å². The Morgan fingerprint density at radius 1 is 1.30 bits per heavy atom. The normalized spacial score (nSPS) is 11.8. The molecule has 0 atom stereocenters. The standard InChI is InChI=1S/C14H11F3N4O2/c15-14(16,17)7-18-13(22)10-6-23-12(20-10)5-21-8-19-9-3-1-2-4-11(9)21/h1-4,6,8H,5,7H2,(H,18,22). The molecule has 1 N–H and O–H groups in total. The number of amides is 1. The van der Waals surface area contributed by atoms with Gasteiger partial charge in [-0.1, -0.05) is 12.1 Å². The molecule has 0 aliphatic carbocycles. The van der Waals surface area contributed by atoms with E-state index in [1.54, 1.807) is 16.2 Å². The molecule has 0 aliphatic heterocycles. The van der Waals surface area contributed by atoms with Crippen LogP contribution in [0.2, 0.25) is 0 Å². The van der Waals surface area contributed by atoms with Crippen LogP contribution in [0, 0.1) is 0 Å². The van der Waals surface area contributed by atoms with Gasteiger partial charge in [-0.25, -0.2) is 9.97 Å². The first kappa shape index (κ1) is 15.1. The molecule has 3 aromatic rings. The monoisotopic (exact) mass is 324 g/mol. The van der Waals surface area contributed by atoms with Crippen molar-refractivity contribution in [3.63, 3.8) is 0 Å². The summed E-state index contributed by atoms with van der Waals surface area (Å²) in [6.07, 6.45) is -1.85. The van der Waals surface area contributed by atoms with Crippen LogP contribution in [-0.4, -0.2) is 33.2 Å². The molecule has 1 aromatic carbocycles. The number of halogens is 3. The van der Waals surface area contributed by atoms with Gasteiger partial charge in [0, 0.05) is 0 Å². The molecule has 0 spiro atoms. The number of para-hydroxylation sites is 2. The molecular formula is C14H11F3N4O2. The first-order valence-electron chi connectivity index (χ1n) is 6.61. The highest BCUT2D eigenvalue weighted by molar-refractivity contribution is 5.91. The van der Waals surface area contributed by atoms with Crippen molar-refractivity contribution < 1.29 is 22.4 Å². The van der Waals surface area contributed by atoms with Gasteiger partial charge in [-0.2, -0.15) is 13.2 Å². The van der Waals surface area contributed by atoms with Crippen molar-refractivity contribution in [2.75, 3.05) is 6.54 Å². The van der Waals surface area contributed by atoms with Gasteiger partial charge in [-0.15, -0.1) is 0 Å². The van der Waals surface area contributed by atoms with Crippen molar-refractivity contribution >= 4 is 16.9 Å². The maximum Gasteiger partial charge on any atom is 0.405 e. The average Bonchev–Trinajstić information content (AvgIpc) is 3.12. The largest absolute Gasteiger partial charge is 0.446 e. The molecule has 0 unspecified atom stereocenters. The smallest absolute Gasteiger partial charge is 0.405 e. The predicted molar refractivity (Wildman–Crippen MR) is 73.7 cm³/mol. The highest BCUT2D eigenvalue weighted by Crippen LogP contribution is 2.15. The lowest BCUT2D eigenvalue weighted by atomic mass is 10.3. The summed E-state index contributed by atoms with van der Waals surface area (Å²) in [6.45, 7) is -1.20. The van der Waals surface area contributed by atoms with E-state index in [0.29, 0.717) is 0 Å². The van der Waals surface area contributed by atoms with Gasteiger partial charge in [-0.05, 0) is 12.1 Å². The molecule has 23 heavy (non-hydrogen) atoms.